The zero-order valence-electron chi connectivity index (χ0n) is 18.4. The first-order valence-electron chi connectivity index (χ1n) is 10.7. The van der Waals surface area contributed by atoms with E-state index < -0.39 is 0 Å². The van der Waals surface area contributed by atoms with E-state index in [1.807, 2.05) is 11.9 Å². The van der Waals surface area contributed by atoms with Crippen molar-refractivity contribution in [1.29, 1.82) is 0 Å². The van der Waals surface area contributed by atoms with Gasteiger partial charge in [0.2, 0.25) is 5.91 Å². The van der Waals surface area contributed by atoms with Gasteiger partial charge >= 0.3 is 0 Å². The Balaban J connectivity index is 1.53. The van der Waals surface area contributed by atoms with Crippen LogP contribution < -0.4 is 10.1 Å². The maximum absolute atomic E-state index is 11.7. The fourth-order valence-electron chi connectivity index (χ4n) is 4.49. The highest BCUT2D eigenvalue weighted by atomic mass is 16.5. The predicted molar refractivity (Wildman–Crippen MR) is 117 cm³/mol. The van der Waals surface area contributed by atoms with Crippen molar-refractivity contribution in [2.75, 3.05) is 39.1 Å². The summed E-state index contributed by atoms with van der Waals surface area (Å²) in [6, 6.07) is 6.38. The number of ether oxygens (including phenoxy) is 1. The van der Waals surface area contributed by atoms with Crippen LogP contribution in [0.4, 0.5) is 5.82 Å². The Morgan fingerprint density at radius 2 is 2.13 bits per heavy atom. The second-order valence-corrected chi connectivity index (χ2v) is 8.33. The maximum atomic E-state index is 11.7. The zero-order valence-corrected chi connectivity index (χ0v) is 18.4. The molecule has 1 fully saturated rings. The third-order valence-electron chi connectivity index (χ3n) is 6.23. The van der Waals surface area contributed by atoms with E-state index in [2.05, 4.69) is 35.3 Å². The van der Waals surface area contributed by atoms with Crippen LogP contribution in [0.1, 0.15) is 47.5 Å². The van der Waals surface area contributed by atoms with Gasteiger partial charge in [0.15, 0.2) is 0 Å². The van der Waals surface area contributed by atoms with Crippen molar-refractivity contribution in [2.24, 2.45) is 0 Å². The van der Waals surface area contributed by atoms with Crippen molar-refractivity contribution in [3.63, 3.8) is 0 Å². The van der Waals surface area contributed by atoms with Crippen LogP contribution in [0.5, 0.6) is 5.75 Å². The summed E-state index contributed by atoms with van der Waals surface area (Å²) in [5.41, 5.74) is 4.72. The highest BCUT2D eigenvalue weighted by Crippen LogP contribution is 2.31. The average Bonchev–Trinajstić information content (AvgIpc) is 3.25. The molecule has 0 saturated carbocycles. The van der Waals surface area contributed by atoms with Gasteiger partial charge in [0, 0.05) is 70.2 Å². The number of carbonyl (C=O) groups is 1. The van der Waals surface area contributed by atoms with Crippen LogP contribution in [-0.2, 0) is 24.3 Å². The normalized spacial score (nSPS) is 18.9. The summed E-state index contributed by atoms with van der Waals surface area (Å²) in [7, 11) is 3.65. The van der Waals surface area contributed by atoms with E-state index in [9.17, 15) is 4.79 Å². The van der Waals surface area contributed by atoms with Gasteiger partial charge in [-0.25, -0.2) is 9.97 Å². The third-order valence-corrected chi connectivity index (χ3v) is 6.23. The van der Waals surface area contributed by atoms with E-state index in [0.717, 1.165) is 68.7 Å². The smallest absolute Gasteiger partial charge is 0.219 e. The number of aryl methyl sites for hydroxylation is 1. The maximum Gasteiger partial charge on any atom is 0.219 e. The molecule has 30 heavy (non-hydrogen) atoms. The Labute approximate surface area is 178 Å². The van der Waals surface area contributed by atoms with Crippen molar-refractivity contribution in [3.8, 4) is 5.75 Å². The number of carbonyl (C=O) groups excluding carboxylic acids is 1. The number of nitrogens with one attached hydrogen (secondary N) is 1. The Hall–Kier alpha value is -2.67. The summed E-state index contributed by atoms with van der Waals surface area (Å²) in [5, 5.41) is 3.28. The lowest BCUT2D eigenvalue weighted by atomic mass is 10.0. The highest BCUT2D eigenvalue weighted by Gasteiger charge is 2.30. The number of aromatic nitrogens is 2. The molecule has 1 aromatic carbocycles. The van der Waals surface area contributed by atoms with Crippen LogP contribution in [-0.4, -0.2) is 59.5 Å². The standard InChI is InChI=1S/C23H31N5O2/c1-15-5-6-17(21(11-15)30-4)12-27-9-8-20-19(14-27)23(24-3)26-22(25-20)18-7-10-28(13-18)16(2)29/h5-6,11,18H,7-10,12-14H2,1-4H3,(H,24,25,26). The summed E-state index contributed by atoms with van der Waals surface area (Å²) >= 11 is 0. The summed E-state index contributed by atoms with van der Waals surface area (Å²) in [6.45, 7) is 7.83. The highest BCUT2D eigenvalue weighted by molar-refractivity contribution is 5.73. The minimum absolute atomic E-state index is 0.131. The molecule has 1 atom stereocenters. The molecule has 3 heterocycles. The second kappa shape index (κ2) is 8.60. The van der Waals surface area contributed by atoms with E-state index in [1.165, 1.54) is 16.7 Å². The van der Waals surface area contributed by atoms with Gasteiger partial charge in [0.05, 0.1) is 12.8 Å². The Morgan fingerprint density at radius 3 is 2.83 bits per heavy atom. The molecule has 0 spiro atoms. The minimum Gasteiger partial charge on any atom is -0.496 e. The molecule has 0 bridgehead atoms. The molecule has 1 amide bonds. The summed E-state index contributed by atoms with van der Waals surface area (Å²) in [5.74, 6) is 3.08. The molecule has 1 aromatic heterocycles. The number of amides is 1. The molecule has 0 aliphatic carbocycles. The number of nitrogens with zero attached hydrogens (tertiary/aromatic N) is 4. The Morgan fingerprint density at radius 1 is 1.30 bits per heavy atom. The van der Waals surface area contributed by atoms with Crippen LogP contribution in [0.25, 0.3) is 0 Å². The first-order chi connectivity index (χ1) is 14.5. The van der Waals surface area contributed by atoms with Crippen LogP contribution >= 0.6 is 0 Å². The zero-order chi connectivity index (χ0) is 21.3. The lowest BCUT2D eigenvalue weighted by Gasteiger charge is -2.30. The monoisotopic (exact) mass is 409 g/mol. The molecule has 2 aliphatic rings. The molecule has 0 radical (unpaired) electrons. The number of hydrogen-bond donors (Lipinski definition) is 1. The number of rotatable bonds is 5. The van der Waals surface area contributed by atoms with Crippen molar-refractivity contribution in [1.82, 2.24) is 19.8 Å². The molecule has 7 heteroatoms. The molecular weight excluding hydrogens is 378 g/mol. The summed E-state index contributed by atoms with van der Waals surface area (Å²) in [4.78, 5) is 25.8. The van der Waals surface area contributed by atoms with E-state index in [1.54, 1.807) is 14.0 Å². The van der Waals surface area contributed by atoms with Crippen LogP contribution in [0.15, 0.2) is 18.2 Å². The SMILES string of the molecule is CNc1nc(C2CCN(C(C)=O)C2)nc2c1CN(Cc1ccc(C)cc1OC)CC2. The number of methoxy groups -OCH3 is 1. The van der Waals surface area contributed by atoms with Crippen molar-refractivity contribution in [2.45, 2.75) is 45.7 Å². The molecule has 4 rings (SSSR count). The second-order valence-electron chi connectivity index (χ2n) is 8.33. The first-order valence-corrected chi connectivity index (χ1v) is 10.7. The number of fused-ring (bicyclic) bond motifs is 1. The summed E-state index contributed by atoms with van der Waals surface area (Å²) < 4.78 is 5.59. The molecule has 7 nitrogen and oxygen atoms in total. The molecule has 160 valence electrons. The van der Waals surface area contributed by atoms with E-state index in [-0.39, 0.29) is 11.8 Å². The average molecular weight is 410 g/mol. The van der Waals surface area contributed by atoms with Gasteiger partial charge in [-0.3, -0.25) is 9.69 Å². The van der Waals surface area contributed by atoms with Gasteiger partial charge in [-0.1, -0.05) is 12.1 Å². The quantitative estimate of drug-likeness (QED) is 0.819. The van der Waals surface area contributed by atoms with Gasteiger partial charge < -0.3 is 15.0 Å². The Bertz CT molecular complexity index is 928. The molecule has 2 aromatic rings. The lowest BCUT2D eigenvalue weighted by Crippen LogP contribution is -2.32. The topological polar surface area (TPSA) is 70.6 Å². The van der Waals surface area contributed by atoms with Gasteiger partial charge in [-0.15, -0.1) is 0 Å². The number of likely N-dealkylation sites (tertiary alicyclic amines) is 1. The van der Waals surface area contributed by atoms with E-state index >= 15 is 0 Å². The largest absolute Gasteiger partial charge is 0.496 e. The first kappa shape index (κ1) is 20.6. The fourth-order valence-corrected chi connectivity index (χ4v) is 4.49. The number of benzene rings is 1. The number of anilines is 1. The molecule has 1 unspecified atom stereocenters. The molecular formula is C23H31N5O2. The molecule has 2 aliphatic heterocycles. The third kappa shape index (κ3) is 4.12. The number of hydrogen-bond acceptors (Lipinski definition) is 6. The minimum atomic E-state index is 0.131. The van der Waals surface area contributed by atoms with Crippen LogP contribution in [0.3, 0.4) is 0 Å². The van der Waals surface area contributed by atoms with Gasteiger partial charge in [0.25, 0.3) is 0 Å². The van der Waals surface area contributed by atoms with Crippen LogP contribution in [0, 0.1) is 6.92 Å². The summed E-state index contributed by atoms with van der Waals surface area (Å²) in [6.07, 6.45) is 1.83. The van der Waals surface area contributed by atoms with Crippen molar-refractivity contribution < 1.29 is 9.53 Å². The molecule has 1 N–H and O–H groups in total. The fraction of sp³-hybridized carbons (Fsp3) is 0.522. The van der Waals surface area contributed by atoms with E-state index in [0.29, 0.717) is 0 Å². The van der Waals surface area contributed by atoms with E-state index in [4.69, 9.17) is 14.7 Å². The predicted octanol–water partition coefficient (Wildman–Crippen LogP) is 2.73. The van der Waals surface area contributed by atoms with Crippen LogP contribution in [0.2, 0.25) is 0 Å². The van der Waals surface area contributed by atoms with Crippen molar-refractivity contribution >= 4 is 11.7 Å². The van der Waals surface area contributed by atoms with Gasteiger partial charge in [-0.2, -0.15) is 0 Å². The Kier molecular flexibility index (Phi) is 5.90. The molecule has 1 saturated heterocycles. The van der Waals surface area contributed by atoms with Crippen molar-refractivity contribution in [3.05, 3.63) is 46.4 Å². The lowest BCUT2D eigenvalue weighted by molar-refractivity contribution is -0.127. The van der Waals surface area contributed by atoms with Gasteiger partial charge in [0.1, 0.15) is 17.4 Å². The van der Waals surface area contributed by atoms with Gasteiger partial charge in [-0.05, 0) is 25.0 Å².